The molecule has 0 saturated heterocycles. The molecule has 0 radical (unpaired) electrons. The van der Waals surface area contributed by atoms with Gasteiger partial charge in [-0.25, -0.2) is 0 Å². The van der Waals surface area contributed by atoms with Gasteiger partial charge in [-0.1, -0.05) is 24.3 Å². The minimum Gasteiger partial charge on any atom is -0.329 e. The molecule has 3 nitrogen and oxygen atoms in total. The molecule has 0 spiro atoms. The van der Waals surface area contributed by atoms with Crippen LogP contribution in [0.4, 0.5) is 0 Å². The Morgan fingerprint density at radius 1 is 1.20 bits per heavy atom. The van der Waals surface area contributed by atoms with E-state index in [1.165, 1.54) is 16.3 Å². The highest BCUT2D eigenvalue weighted by Crippen LogP contribution is 2.16. The molecule has 0 aliphatic carbocycles. The monoisotopic (exact) mass is 201 g/mol. The Morgan fingerprint density at radius 2 is 2.07 bits per heavy atom. The summed E-state index contributed by atoms with van der Waals surface area (Å²) in [5, 5.41) is 5.72. The van der Waals surface area contributed by atoms with E-state index < -0.39 is 0 Å². The third-order valence-electron chi connectivity index (χ3n) is 2.39. The van der Waals surface area contributed by atoms with Crippen molar-refractivity contribution in [1.29, 1.82) is 0 Å². The number of hydrogen-bond donors (Lipinski definition) is 2. The van der Waals surface area contributed by atoms with Crippen molar-refractivity contribution in [2.24, 2.45) is 5.73 Å². The van der Waals surface area contributed by atoms with Gasteiger partial charge in [-0.2, -0.15) is 0 Å². The molecule has 0 saturated carbocycles. The molecule has 0 unspecified atom stereocenters. The summed E-state index contributed by atoms with van der Waals surface area (Å²) in [6.45, 7) is 2.33. The highest BCUT2D eigenvalue weighted by atomic mass is 14.9. The molecule has 15 heavy (non-hydrogen) atoms. The molecule has 78 valence electrons. The first-order chi connectivity index (χ1) is 7.42. The fraction of sp³-hybridized carbons (Fsp3) is 0.250. The van der Waals surface area contributed by atoms with Crippen LogP contribution in [0.2, 0.25) is 0 Å². The number of pyridine rings is 1. The van der Waals surface area contributed by atoms with Crippen LogP contribution in [0.25, 0.3) is 10.8 Å². The summed E-state index contributed by atoms with van der Waals surface area (Å²) in [4.78, 5) is 4.22. The standard InChI is InChI=1S/C12H15N3/c13-5-6-14-8-11-9-15-7-10-3-1-2-4-12(10)11/h1-4,7,9,14H,5-6,8,13H2. The van der Waals surface area contributed by atoms with Crippen LogP contribution < -0.4 is 11.1 Å². The van der Waals surface area contributed by atoms with Crippen molar-refractivity contribution in [2.45, 2.75) is 6.54 Å². The predicted molar refractivity (Wildman–Crippen MR) is 62.5 cm³/mol. The van der Waals surface area contributed by atoms with Gasteiger partial charge in [0.15, 0.2) is 0 Å². The summed E-state index contributed by atoms with van der Waals surface area (Å²) in [6.07, 6.45) is 3.80. The van der Waals surface area contributed by atoms with E-state index in [0.29, 0.717) is 6.54 Å². The molecular weight excluding hydrogens is 186 g/mol. The maximum Gasteiger partial charge on any atom is 0.0346 e. The number of rotatable bonds is 4. The molecule has 0 atom stereocenters. The molecule has 2 aromatic rings. The average Bonchev–Trinajstić information content (AvgIpc) is 2.30. The molecule has 0 amide bonds. The van der Waals surface area contributed by atoms with Crippen LogP contribution in [0, 0.1) is 0 Å². The summed E-state index contributed by atoms with van der Waals surface area (Å²) in [5.74, 6) is 0. The quantitative estimate of drug-likeness (QED) is 0.733. The Hall–Kier alpha value is -1.45. The number of aromatic nitrogens is 1. The Bertz CT molecular complexity index is 434. The minimum absolute atomic E-state index is 0.665. The van der Waals surface area contributed by atoms with Gasteiger partial charge in [0.25, 0.3) is 0 Å². The Balaban J connectivity index is 2.26. The van der Waals surface area contributed by atoms with E-state index in [4.69, 9.17) is 5.73 Å². The molecule has 1 aromatic heterocycles. The molecular formula is C12H15N3. The van der Waals surface area contributed by atoms with Crippen LogP contribution in [0.15, 0.2) is 36.7 Å². The molecule has 0 aliphatic rings. The average molecular weight is 201 g/mol. The number of nitrogens with two attached hydrogens (primary N) is 1. The van der Waals surface area contributed by atoms with Gasteiger partial charge in [0.2, 0.25) is 0 Å². The Kier molecular flexibility index (Phi) is 3.27. The van der Waals surface area contributed by atoms with Crippen LogP contribution >= 0.6 is 0 Å². The number of fused-ring (bicyclic) bond motifs is 1. The molecule has 3 heteroatoms. The zero-order valence-corrected chi connectivity index (χ0v) is 8.61. The van der Waals surface area contributed by atoms with E-state index in [2.05, 4.69) is 28.5 Å². The summed E-state index contributed by atoms with van der Waals surface area (Å²) in [5.41, 5.74) is 6.65. The van der Waals surface area contributed by atoms with Crippen molar-refractivity contribution in [1.82, 2.24) is 10.3 Å². The fourth-order valence-corrected chi connectivity index (χ4v) is 1.65. The van der Waals surface area contributed by atoms with Crippen LogP contribution in [-0.2, 0) is 6.54 Å². The highest BCUT2D eigenvalue weighted by molar-refractivity contribution is 5.84. The number of nitrogens with one attached hydrogen (secondary N) is 1. The van der Waals surface area contributed by atoms with Crippen molar-refractivity contribution in [3.8, 4) is 0 Å². The van der Waals surface area contributed by atoms with Crippen LogP contribution in [0.5, 0.6) is 0 Å². The molecule has 0 bridgehead atoms. The van der Waals surface area contributed by atoms with Crippen molar-refractivity contribution in [2.75, 3.05) is 13.1 Å². The predicted octanol–water partition coefficient (Wildman–Crippen LogP) is 1.28. The molecule has 0 aliphatic heterocycles. The molecule has 1 heterocycles. The summed E-state index contributed by atoms with van der Waals surface area (Å²) >= 11 is 0. The largest absolute Gasteiger partial charge is 0.329 e. The first-order valence-corrected chi connectivity index (χ1v) is 5.14. The van der Waals surface area contributed by atoms with Crippen LogP contribution in [0.3, 0.4) is 0 Å². The van der Waals surface area contributed by atoms with E-state index in [1.54, 1.807) is 0 Å². The van der Waals surface area contributed by atoms with Gasteiger partial charge in [0.1, 0.15) is 0 Å². The van der Waals surface area contributed by atoms with Crippen molar-refractivity contribution >= 4 is 10.8 Å². The van der Waals surface area contributed by atoms with Gasteiger partial charge in [-0.15, -0.1) is 0 Å². The zero-order valence-electron chi connectivity index (χ0n) is 8.61. The fourth-order valence-electron chi connectivity index (χ4n) is 1.65. The number of nitrogens with zero attached hydrogens (tertiary/aromatic N) is 1. The Morgan fingerprint density at radius 3 is 2.93 bits per heavy atom. The second kappa shape index (κ2) is 4.87. The van der Waals surface area contributed by atoms with Gasteiger partial charge in [-0.3, -0.25) is 4.98 Å². The molecule has 0 fully saturated rings. The van der Waals surface area contributed by atoms with Crippen molar-refractivity contribution in [3.05, 3.63) is 42.2 Å². The lowest BCUT2D eigenvalue weighted by molar-refractivity contribution is 0.696. The van der Waals surface area contributed by atoms with Gasteiger partial charge in [-0.05, 0) is 10.9 Å². The lowest BCUT2D eigenvalue weighted by Crippen LogP contribution is -2.22. The molecule has 2 rings (SSSR count). The van der Waals surface area contributed by atoms with Gasteiger partial charge in [0.05, 0.1) is 0 Å². The summed E-state index contributed by atoms with van der Waals surface area (Å²) in [6, 6.07) is 8.28. The summed E-state index contributed by atoms with van der Waals surface area (Å²) < 4.78 is 0. The first kappa shape index (κ1) is 10.1. The van der Waals surface area contributed by atoms with Crippen LogP contribution in [-0.4, -0.2) is 18.1 Å². The second-order valence-electron chi connectivity index (χ2n) is 3.49. The number of benzene rings is 1. The lowest BCUT2D eigenvalue weighted by atomic mass is 10.1. The molecule has 1 aromatic carbocycles. The highest BCUT2D eigenvalue weighted by Gasteiger charge is 1.99. The van der Waals surface area contributed by atoms with Crippen molar-refractivity contribution in [3.63, 3.8) is 0 Å². The minimum atomic E-state index is 0.665. The topological polar surface area (TPSA) is 50.9 Å². The van der Waals surface area contributed by atoms with Gasteiger partial charge < -0.3 is 11.1 Å². The summed E-state index contributed by atoms with van der Waals surface area (Å²) in [7, 11) is 0. The zero-order chi connectivity index (χ0) is 10.5. The molecule has 3 N–H and O–H groups in total. The van der Waals surface area contributed by atoms with E-state index in [1.807, 2.05) is 18.5 Å². The van der Waals surface area contributed by atoms with E-state index in [0.717, 1.165) is 13.1 Å². The maximum atomic E-state index is 5.43. The Labute approximate surface area is 89.3 Å². The van der Waals surface area contributed by atoms with Gasteiger partial charge in [0, 0.05) is 37.4 Å². The van der Waals surface area contributed by atoms with Crippen LogP contribution in [0.1, 0.15) is 5.56 Å². The SMILES string of the molecule is NCCNCc1cncc2ccccc12. The van der Waals surface area contributed by atoms with Gasteiger partial charge >= 0.3 is 0 Å². The van der Waals surface area contributed by atoms with E-state index in [-0.39, 0.29) is 0 Å². The third kappa shape index (κ3) is 2.32. The van der Waals surface area contributed by atoms with Crippen molar-refractivity contribution < 1.29 is 0 Å². The maximum absolute atomic E-state index is 5.43. The first-order valence-electron chi connectivity index (χ1n) is 5.14. The second-order valence-corrected chi connectivity index (χ2v) is 3.49. The van der Waals surface area contributed by atoms with E-state index >= 15 is 0 Å². The normalized spacial score (nSPS) is 10.7. The lowest BCUT2D eigenvalue weighted by Gasteiger charge is -2.06. The number of hydrogen-bond acceptors (Lipinski definition) is 3. The third-order valence-corrected chi connectivity index (χ3v) is 2.39. The smallest absolute Gasteiger partial charge is 0.0346 e. The van der Waals surface area contributed by atoms with E-state index in [9.17, 15) is 0 Å².